The Morgan fingerprint density at radius 2 is 2.12 bits per heavy atom. The van der Waals surface area contributed by atoms with Gasteiger partial charge in [-0.15, -0.1) is 0 Å². The van der Waals surface area contributed by atoms with Crippen molar-refractivity contribution in [2.24, 2.45) is 0 Å². The zero-order valence-electron chi connectivity index (χ0n) is 10.1. The van der Waals surface area contributed by atoms with Gasteiger partial charge in [-0.05, 0) is 18.6 Å². The predicted octanol–water partition coefficient (Wildman–Crippen LogP) is 1.87. The average molecular weight is 231 g/mol. The van der Waals surface area contributed by atoms with Crippen molar-refractivity contribution in [2.45, 2.75) is 6.92 Å². The molecule has 1 fully saturated rings. The minimum atomic E-state index is 0.0646. The van der Waals surface area contributed by atoms with Gasteiger partial charge in [-0.2, -0.15) is 0 Å². The first-order valence-corrected chi connectivity index (χ1v) is 5.87. The van der Waals surface area contributed by atoms with E-state index >= 15 is 0 Å². The van der Waals surface area contributed by atoms with Crippen LogP contribution in [0.15, 0.2) is 30.3 Å². The van der Waals surface area contributed by atoms with Gasteiger partial charge >= 0.3 is 0 Å². The third-order valence-corrected chi connectivity index (χ3v) is 2.78. The molecule has 1 aromatic carbocycles. The van der Waals surface area contributed by atoms with Gasteiger partial charge in [-0.25, -0.2) is 0 Å². The molecule has 0 N–H and O–H groups in total. The van der Waals surface area contributed by atoms with Crippen LogP contribution in [0.25, 0.3) is 6.08 Å². The third-order valence-electron chi connectivity index (χ3n) is 2.78. The minimum absolute atomic E-state index is 0.0646. The van der Waals surface area contributed by atoms with E-state index in [-0.39, 0.29) is 5.91 Å². The maximum Gasteiger partial charge on any atom is 0.246 e. The summed E-state index contributed by atoms with van der Waals surface area (Å²) in [4.78, 5) is 13.7. The standard InChI is InChI=1S/C14H17NO2/c1-12-3-2-4-13(11-12)5-6-14(16)15-7-9-17-10-8-15/h2-6,11H,7-10H2,1H3. The predicted molar refractivity (Wildman–Crippen MR) is 67.6 cm³/mol. The van der Waals surface area contributed by atoms with Crippen LogP contribution in [-0.4, -0.2) is 37.1 Å². The molecule has 90 valence electrons. The highest BCUT2D eigenvalue weighted by Crippen LogP contribution is 2.07. The van der Waals surface area contributed by atoms with E-state index in [1.165, 1.54) is 5.56 Å². The van der Waals surface area contributed by atoms with E-state index in [4.69, 9.17) is 4.74 Å². The number of amides is 1. The first kappa shape index (κ1) is 11.9. The number of hydrogen-bond donors (Lipinski definition) is 0. The van der Waals surface area contributed by atoms with Crippen molar-refractivity contribution in [1.82, 2.24) is 4.90 Å². The van der Waals surface area contributed by atoms with Crippen LogP contribution in [0.5, 0.6) is 0 Å². The van der Waals surface area contributed by atoms with Crippen LogP contribution < -0.4 is 0 Å². The number of rotatable bonds is 2. The van der Waals surface area contributed by atoms with Crippen molar-refractivity contribution in [3.8, 4) is 0 Å². The number of carbonyl (C=O) groups is 1. The van der Waals surface area contributed by atoms with E-state index in [0.29, 0.717) is 26.3 Å². The summed E-state index contributed by atoms with van der Waals surface area (Å²) in [7, 11) is 0. The Labute approximate surface area is 102 Å². The molecule has 0 aliphatic carbocycles. The Morgan fingerprint density at radius 3 is 2.82 bits per heavy atom. The summed E-state index contributed by atoms with van der Waals surface area (Å²) in [6.07, 6.45) is 3.50. The van der Waals surface area contributed by atoms with Gasteiger partial charge in [-0.1, -0.05) is 29.8 Å². The molecule has 0 unspecified atom stereocenters. The Morgan fingerprint density at radius 1 is 1.35 bits per heavy atom. The van der Waals surface area contributed by atoms with Gasteiger partial charge in [0.25, 0.3) is 0 Å². The van der Waals surface area contributed by atoms with Crippen LogP contribution in [0.2, 0.25) is 0 Å². The molecule has 1 aromatic rings. The van der Waals surface area contributed by atoms with Crippen LogP contribution in [0.3, 0.4) is 0 Å². The fourth-order valence-corrected chi connectivity index (χ4v) is 1.83. The lowest BCUT2D eigenvalue weighted by atomic mass is 10.1. The summed E-state index contributed by atoms with van der Waals surface area (Å²) >= 11 is 0. The number of nitrogens with zero attached hydrogens (tertiary/aromatic N) is 1. The molecule has 2 rings (SSSR count). The summed E-state index contributed by atoms with van der Waals surface area (Å²) in [5.41, 5.74) is 2.26. The van der Waals surface area contributed by atoms with Crippen LogP contribution in [0, 0.1) is 6.92 Å². The lowest BCUT2D eigenvalue weighted by molar-refractivity contribution is -0.129. The second-order valence-corrected chi connectivity index (χ2v) is 4.19. The normalized spacial score (nSPS) is 16.4. The van der Waals surface area contributed by atoms with E-state index < -0.39 is 0 Å². The first-order valence-electron chi connectivity index (χ1n) is 5.87. The zero-order chi connectivity index (χ0) is 12.1. The molecule has 1 saturated heterocycles. The lowest BCUT2D eigenvalue weighted by Crippen LogP contribution is -2.39. The third kappa shape index (κ3) is 3.43. The number of ether oxygens (including phenoxy) is 1. The second-order valence-electron chi connectivity index (χ2n) is 4.19. The molecule has 1 aliphatic rings. The maximum atomic E-state index is 11.8. The van der Waals surface area contributed by atoms with Crippen LogP contribution in [0.1, 0.15) is 11.1 Å². The molecule has 3 nitrogen and oxygen atoms in total. The molecular weight excluding hydrogens is 214 g/mol. The van der Waals surface area contributed by atoms with E-state index in [0.717, 1.165) is 5.56 Å². The Bertz CT molecular complexity index is 420. The summed E-state index contributed by atoms with van der Waals surface area (Å²) in [6, 6.07) is 8.09. The molecule has 0 atom stereocenters. The van der Waals surface area contributed by atoms with E-state index in [9.17, 15) is 4.79 Å². The summed E-state index contributed by atoms with van der Waals surface area (Å²) in [5.74, 6) is 0.0646. The Kier molecular flexibility index (Phi) is 3.94. The quantitative estimate of drug-likeness (QED) is 0.727. The topological polar surface area (TPSA) is 29.5 Å². The van der Waals surface area contributed by atoms with E-state index in [1.54, 1.807) is 6.08 Å². The van der Waals surface area contributed by atoms with Gasteiger partial charge in [0.05, 0.1) is 13.2 Å². The number of morpholine rings is 1. The number of carbonyl (C=O) groups excluding carboxylic acids is 1. The summed E-state index contributed by atoms with van der Waals surface area (Å²) < 4.78 is 5.21. The Balaban J connectivity index is 1.97. The number of hydrogen-bond acceptors (Lipinski definition) is 2. The average Bonchev–Trinajstić information content (AvgIpc) is 2.37. The number of benzene rings is 1. The van der Waals surface area contributed by atoms with Crippen molar-refractivity contribution >= 4 is 12.0 Å². The van der Waals surface area contributed by atoms with Gasteiger partial charge in [0.15, 0.2) is 0 Å². The second kappa shape index (κ2) is 5.64. The highest BCUT2D eigenvalue weighted by Gasteiger charge is 2.13. The van der Waals surface area contributed by atoms with Crippen molar-refractivity contribution in [3.05, 3.63) is 41.5 Å². The molecule has 1 amide bonds. The Hall–Kier alpha value is -1.61. The van der Waals surface area contributed by atoms with Gasteiger partial charge in [0, 0.05) is 19.2 Å². The van der Waals surface area contributed by atoms with Crippen LogP contribution >= 0.6 is 0 Å². The molecule has 0 aromatic heterocycles. The van der Waals surface area contributed by atoms with Crippen molar-refractivity contribution < 1.29 is 9.53 Å². The van der Waals surface area contributed by atoms with E-state index in [1.807, 2.05) is 36.1 Å². The zero-order valence-corrected chi connectivity index (χ0v) is 10.1. The van der Waals surface area contributed by atoms with Crippen LogP contribution in [-0.2, 0) is 9.53 Å². The highest BCUT2D eigenvalue weighted by atomic mass is 16.5. The van der Waals surface area contributed by atoms with Gasteiger partial charge in [0.1, 0.15) is 0 Å². The van der Waals surface area contributed by atoms with Gasteiger partial charge in [0.2, 0.25) is 5.91 Å². The molecule has 3 heteroatoms. The first-order chi connectivity index (χ1) is 8.25. The SMILES string of the molecule is Cc1cccc(C=CC(=O)N2CCOCC2)c1. The van der Waals surface area contributed by atoms with Crippen molar-refractivity contribution in [1.29, 1.82) is 0 Å². The van der Waals surface area contributed by atoms with Crippen molar-refractivity contribution in [3.63, 3.8) is 0 Å². The van der Waals surface area contributed by atoms with E-state index in [2.05, 4.69) is 6.07 Å². The molecule has 0 radical (unpaired) electrons. The minimum Gasteiger partial charge on any atom is -0.378 e. The molecule has 0 spiro atoms. The largest absolute Gasteiger partial charge is 0.378 e. The highest BCUT2D eigenvalue weighted by molar-refractivity contribution is 5.91. The summed E-state index contributed by atoms with van der Waals surface area (Å²) in [6.45, 7) is 4.71. The molecule has 0 saturated carbocycles. The molecular formula is C14H17NO2. The van der Waals surface area contributed by atoms with Crippen molar-refractivity contribution in [2.75, 3.05) is 26.3 Å². The molecule has 1 heterocycles. The fourth-order valence-electron chi connectivity index (χ4n) is 1.83. The van der Waals surface area contributed by atoms with Gasteiger partial charge in [-0.3, -0.25) is 4.79 Å². The monoisotopic (exact) mass is 231 g/mol. The smallest absolute Gasteiger partial charge is 0.246 e. The van der Waals surface area contributed by atoms with Crippen LogP contribution in [0.4, 0.5) is 0 Å². The van der Waals surface area contributed by atoms with Gasteiger partial charge < -0.3 is 9.64 Å². The molecule has 17 heavy (non-hydrogen) atoms. The number of aryl methyl sites for hydroxylation is 1. The molecule has 1 aliphatic heterocycles. The lowest BCUT2D eigenvalue weighted by Gasteiger charge is -2.25. The fraction of sp³-hybridized carbons (Fsp3) is 0.357. The molecule has 0 bridgehead atoms. The maximum absolute atomic E-state index is 11.8. The summed E-state index contributed by atoms with van der Waals surface area (Å²) in [5, 5.41) is 0.